The zero-order valence-corrected chi connectivity index (χ0v) is 21.1. The fourth-order valence-corrected chi connectivity index (χ4v) is 6.90. The third-order valence-corrected chi connectivity index (χ3v) is 9.21. The highest BCUT2D eigenvalue weighted by Gasteiger charge is 2.55. The Bertz CT molecular complexity index is 1260. The zero-order chi connectivity index (χ0) is 25.1. The van der Waals surface area contributed by atoms with Crippen LogP contribution in [0, 0.1) is 0 Å². The zero-order valence-electron chi connectivity index (χ0n) is 20.3. The van der Waals surface area contributed by atoms with Crippen LogP contribution < -0.4 is 9.64 Å². The highest BCUT2D eigenvalue weighted by atomic mass is 32.2. The number of carbonyl (C=O) groups excluding carboxylic acids is 1. The molecule has 35 heavy (non-hydrogen) atoms. The average Bonchev–Trinajstić information content (AvgIpc) is 2.89. The molecule has 0 radical (unpaired) electrons. The lowest BCUT2D eigenvalue weighted by Crippen LogP contribution is -2.58. The summed E-state index contributed by atoms with van der Waals surface area (Å²) in [5, 5.41) is 0. The van der Waals surface area contributed by atoms with Crippen LogP contribution in [-0.4, -0.2) is 45.4 Å². The SMILES string of the molecule is CCOC(=O)C1(S(=O)(=O)c2ccc(OC)cc2)CCN(c2ccc(-c3ccccc3)cc2)C(C)C1. The van der Waals surface area contributed by atoms with Crippen LogP contribution in [0.15, 0.2) is 83.8 Å². The quantitative estimate of drug-likeness (QED) is 0.425. The molecule has 6 nitrogen and oxygen atoms in total. The summed E-state index contributed by atoms with van der Waals surface area (Å²) in [5.74, 6) is -0.127. The first-order valence-corrected chi connectivity index (χ1v) is 13.3. The maximum Gasteiger partial charge on any atom is 0.328 e. The summed E-state index contributed by atoms with van der Waals surface area (Å²) in [6.45, 7) is 4.19. The minimum Gasteiger partial charge on any atom is -0.497 e. The van der Waals surface area contributed by atoms with Gasteiger partial charge in [0.2, 0.25) is 0 Å². The van der Waals surface area contributed by atoms with Crippen molar-refractivity contribution in [2.45, 2.75) is 42.4 Å². The summed E-state index contributed by atoms with van der Waals surface area (Å²) < 4.78 is 36.6. The van der Waals surface area contributed by atoms with E-state index in [1.165, 1.54) is 19.2 Å². The first-order valence-electron chi connectivity index (χ1n) is 11.8. The van der Waals surface area contributed by atoms with Crippen molar-refractivity contribution in [3.63, 3.8) is 0 Å². The number of hydrogen-bond acceptors (Lipinski definition) is 6. The molecule has 0 aromatic heterocycles. The smallest absolute Gasteiger partial charge is 0.328 e. The van der Waals surface area contributed by atoms with Gasteiger partial charge in [-0.2, -0.15) is 0 Å². The summed E-state index contributed by atoms with van der Waals surface area (Å²) in [7, 11) is -2.49. The van der Waals surface area contributed by atoms with E-state index in [2.05, 4.69) is 29.2 Å². The Kier molecular flexibility index (Phi) is 7.17. The fraction of sp³-hybridized carbons (Fsp3) is 0.321. The number of ether oxygens (including phenoxy) is 2. The molecule has 2 unspecified atom stereocenters. The Morgan fingerprint density at radius 1 is 0.971 bits per heavy atom. The molecule has 0 spiro atoms. The van der Waals surface area contributed by atoms with Gasteiger partial charge < -0.3 is 14.4 Å². The molecule has 0 amide bonds. The number of nitrogens with zero attached hydrogens (tertiary/aromatic N) is 1. The number of piperidine rings is 1. The van der Waals surface area contributed by atoms with Crippen molar-refractivity contribution in [1.29, 1.82) is 0 Å². The number of carbonyl (C=O) groups is 1. The van der Waals surface area contributed by atoms with Crippen molar-refractivity contribution >= 4 is 21.5 Å². The van der Waals surface area contributed by atoms with Gasteiger partial charge in [0.15, 0.2) is 14.6 Å². The van der Waals surface area contributed by atoms with E-state index in [0.717, 1.165) is 16.8 Å². The van der Waals surface area contributed by atoms with Crippen molar-refractivity contribution in [2.24, 2.45) is 0 Å². The van der Waals surface area contributed by atoms with Crippen LogP contribution in [-0.2, 0) is 19.4 Å². The van der Waals surface area contributed by atoms with Crippen LogP contribution in [0.25, 0.3) is 11.1 Å². The van der Waals surface area contributed by atoms with E-state index in [1.807, 2.05) is 37.3 Å². The Hall–Kier alpha value is -3.32. The van der Waals surface area contributed by atoms with Crippen LogP contribution in [0.3, 0.4) is 0 Å². The molecule has 1 fully saturated rings. The third kappa shape index (κ3) is 4.65. The van der Waals surface area contributed by atoms with E-state index < -0.39 is 20.6 Å². The molecule has 1 aliphatic heterocycles. The molecule has 4 rings (SSSR count). The van der Waals surface area contributed by atoms with Crippen LogP contribution in [0.1, 0.15) is 26.7 Å². The number of hydrogen-bond donors (Lipinski definition) is 0. The molecule has 1 aliphatic rings. The van der Waals surface area contributed by atoms with Gasteiger partial charge in [0.25, 0.3) is 0 Å². The van der Waals surface area contributed by atoms with Gasteiger partial charge in [0.1, 0.15) is 5.75 Å². The molecular weight excluding hydrogens is 462 g/mol. The predicted octanol–water partition coefficient (Wildman–Crippen LogP) is 5.13. The third-order valence-electron chi connectivity index (χ3n) is 6.75. The standard InChI is InChI=1S/C28H31NO5S/c1-4-34-27(30)28(35(31,32)26-16-14-25(33-3)15-17-26)18-19-29(21(2)20-28)24-12-10-23(11-13-24)22-8-6-5-7-9-22/h5-17,21H,4,18-20H2,1-3H3. The molecular formula is C28H31NO5S. The Labute approximate surface area is 207 Å². The summed E-state index contributed by atoms with van der Waals surface area (Å²) >= 11 is 0. The van der Waals surface area contributed by atoms with Crippen molar-refractivity contribution in [3.05, 3.63) is 78.9 Å². The number of rotatable bonds is 7. The monoisotopic (exact) mass is 493 g/mol. The van der Waals surface area contributed by atoms with Crippen LogP contribution in [0.5, 0.6) is 5.75 Å². The summed E-state index contributed by atoms with van der Waals surface area (Å²) in [4.78, 5) is 15.5. The van der Waals surface area contributed by atoms with Gasteiger partial charge in [0.05, 0.1) is 18.6 Å². The lowest BCUT2D eigenvalue weighted by atomic mass is 9.90. The fourth-order valence-electron chi connectivity index (χ4n) is 4.85. The molecule has 0 bridgehead atoms. The Morgan fingerprint density at radius 3 is 2.17 bits per heavy atom. The first-order chi connectivity index (χ1) is 16.8. The number of anilines is 1. The lowest BCUT2D eigenvalue weighted by Gasteiger charge is -2.44. The van der Waals surface area contributed by atoms with Gasteiger partial charge >= 0.3 is 5.97 Å². The second-order valence-electron chi connectivity index (χ2n) is 8.80. The number of esters is 1. The van der Waals surface area contributed by atoms with Gasteiger partial charge in [0, 0.05) is 18.3 Å². The largest absolute Gasteiger partial charge is 0.497 e. The van der Waals surface area contributed by atoms with Crippen molar-refractivity contribution in [2.75, 3.05) is 25.2 Å². The van der Waals surface area contributed by atoms with E-state index >= 15 is 0 Å². The normalized spacial score (nSPS) is 20.3. The molecule has 7 heteroatoms. The highest BCUT2D eigenvalue weighted by Crippen LogP contribution is 2.41. The van der Waals surface area contributed by atoms with Gasteiger partial charge in [-0.05, 0) is 74.2 Å². The average molecular weight is 494 g/mol. The molecule has 2 atom stereocenters. The molecule has 0 N–H and O–H groups in total. The van der Waals surface area contributed by atoms with E-state index in [4.69, 9.17) is 9.47 Å². The Balaban J connectivity index is 1.63. The molecule has 3 aromatic carbocycles. The van der Waals surface area contributed by atoms with Crippen molar-refractivity contribution in [3.8, 4) is 16.9 Å². The predicted molar refractivity (Wildman–Crippen MR) is 137 cm³/mol. The van der Waals surface area contributed by atoms with E-state index in [-0.39, 0.29) is 30.4 Å². The lowest BCUT2D eigenvalue weighted by molar-refractivity contribution is -0.147. The number of benzene rings is 3. The number of sulfone groups is 1. The van der Waals surface area contributed by atoms with Crippen molar-refractivity contribution in [1.82, 2.24) is 0 Å². The van der Waals surface area contributed by atoms with Gasteiger partial charge in [-0.3, -0.25) is 4.79 Å². The summed E-state index contributed by atoms with van der Waals surface area (Å²) in [6.07, 6.45) is 0.283. The van der Waals surface area contributed by atoms with Gasteiger partial charge in [-0.15, -0.1) is 0 Å². The second kappa shape index (κ2) is 10.1. The molecule has 184 valence electrons. The Morgan fingerprint density at radius 2 is 1.60 bits per heavy atom. The van der Waals surface area contributed by atoms with Crippen LogP contribution in [0.2, 0.25) is 0 Å². The van der Waals surface area contributed by atoms with Gasteiger partial charge in [-0.25, -0.2) is 8.42 Å². The topological polar surface area (TPSA) is 72.9 Å². The van der Waals surface area contributed by atoms with E-state index in [9.17, 15) is 13.2 Å². The first kappa shape index (κ1) is 24.8. The molecule has 1 saturated heterocycles. The van der Waals surface area contributed by atoms with Crippen LogP contribution >= 0.6 is 0 Å². The maximum absolute atomic E-state index is 13.9. The molecule has 3 aromatic rings. The summed E-state index contributed by atoms with van der Waals surface area (Å²) in [5.41, 5.74) is 3.25. The van der Waals surface area contributed by atoms with Crippen LogP contribution in [0.4, 0.5) is 5.69 Å². The highest BCUT2D eigenvalue weighted by molar-refractivity contribution is 7.93. The van der Waals surface area contributed by atoms with E-state index in [1.54, 1.807) is 19.1 Å². The minimum absolute atomic E-state index is 0.0965. The van der Waals surface area contributed by atoms with Crippen molar-refractivity contribution < 1.29 is 22.7 Å². The minimum atomic E-state index is -4.01. The summed E-state index contributed by atoms with van der Waals surface area (Å²) in [6, 6.07) is 24.4. The number of methoxy groups -OCH3 is 1. The molecule has 0 aliphatic carbocycles. The molecule has 1 heterocycles. The van der Waals surface area contributed by atoms with Gasteiger partial charge in [-0.1, -0.05) is 42.5 Å². The maximum atomic E-state index is 13.9. The molecule has 0 saturated carbocycles. The van der Waals surface area contributed by atoms with E-state index in [0.29, 0.717) is 12.3 Å². The second-order valence-corrected chi connectivity index (χ2v) is 11.1.